The van der Waals surface area contributed by atoms with E-state index in [4.69, 9.17) is 0 Å². The van der Waals surface area contributed by atoms with E-state index >= 15 is 0 Å². The topological polar surface area (TPSA) is 35.8 Å². The Kier molecular flexibility index (Phi) is 6.62. The molecular weight excluding hydrogens is 364 g/mol. The van der Waals surface area contributed by atoms with Crippen molar-refractivity contribution in [3.05, 3.63) is 108 Å². The molecule has 1 aliphatic carbocycles. The molecular formula is C28H30N2. The Morgan fingerprint density at radius 2 is 1.37 bits per heavy atom. The molecule has 1 aliphatic rings. The van der Waals surface area contributed by atoms with Crippen molar-refractivity contribution in [2.24, 2.45) is 5.92 Å². The third-order valence-corrected chi connectivity index (χ3v) is 6.61. The third kappa shape index (κ3) is 4.32. The molecule has 152 valence electrons. The van der Waals surface area contributed by atoms with Crippen molar-refractivity contribution in [2.75, 3.05) is 6.54 Å². The van der Waals surface area contributed by atoms with Gasteiger partial charge in [0.1, 0.15) is 5.41 Å². The average Bonchev–Trinajstić information content (AvgIpc) is 2.82. The van der Waals surface area contributed by atoms with Gasteiger partial charge < -0.3 is 5.32 Å². The molecule has 0 saturated heterocycles. The van der Waals surface area contributed by atoms with E-state index in [-0.39, 0.29) is 0 Å². The quantitative estimate of drug-likeness (QED) is 0.542. The van der Waals surface area contributed by atoms with Gasteiger partial charge in [-0.05, 0) is 54.8 Å². The van der Waals surface area contributed by atoms with Crippen LogP contribution in [0.1, 0.15) is 42.4 Å². The summed E-state index contributed by atoms with van der Waals surface area (Å²) < 4.78 is 0. The van der Waals surface area contributed by atoms with E-state index in [1.807, 2.05) is 12.1 Å². The lowest BCUT2D eigenvalue weighted by atomic mass is 9.61. The average molecular weight is 395 g/mol. The van der Waals surface area contributed by atoms with Gasteiger partial charge in [0.15, 0.2) is 0 Å². The zero-order valence-electron chi connectivity index (χ0n) is 17.5. The SMILES string of the molecule is N#CC(c1ccccc1)(c1ccccc1)[C@H]1CCC[C@H](NCCc2ccccc2)C1. The molecule has 0 aromatic heterocycles. The lowest BCUT2D eigenvalue weighted by Gasteiger charge is -2.41. The van der Waals surface area contributed by atoms with Gasteiger partial charge in [-0.15, -0.1) is 0 Å². The molecule has 2 atom stereocenters. The number of nitrogens with one attached hydrogen (secondary N) is 1. The summed E-state index contributed by atoms with van der Waals surface area (Å²) in [4.78, 5) is 0. The summed E-state index contributed by atoms with van der Waals surface area (Å²) in [5.74, 6) is 0.301. The van der Waals surface area contributed by atoms with Gasteiger partial charge >= 0.3 is 0 Å². The lowest BCUT2D eigenvalue weighted by Crippen LogP contribution is -2.43. The maximum atomic E-state index is 10.6. The number of nitrogens with zero attached hydrogens (tertiary/aromatic N) is 1. The summed E-state index contributed by atoms with van der Waals surface area (Å²) in [5, 5.41) is 14.4. The second-order valence-corrected chi connectivity index (χ2v) is 8.40. The van der Waals surface area contributed by atoms with Crippen molar-refractivity contribution in [3.63, 3.8) is 0 Å². The van der Waals surface area contributed by atoms with Crippen LogP contribution < -0.4 is 5.32 Å². The van der Waals surface area contributed by atoms with Gasteiger partial charge in [0.25, 0.3) is 0 Å². The Morgan fingerprint density at radius 1 is 0.800 bits per heavy atom. The number of nitriles is 1. The summed E-state index contributed by atoms with van der Waals surface area (Å²) in [6, 6.07) is 34.7. The molecule has 2 heteroatoms. The lowest BCUT2D eigenvalue weighted by molar-refractivity contribution is 0.235. The summed E-state index contributed by atoms with van der Waals surface area (Å²) in [5.41, 5.74) is 3.02. The second-order valence-electron chi connectivity index (χ2n) is 8.40. The maximum absolute atomic E-state index is 10.6. The maximum Gasteiger partial charge on any atom is 0.110 e. The van der Waals surface area contributed by atoms with E-state index in [1.165, 1.54) is 12.0 Å². The summed E-state index contributed by atoms with van der Waals surface area (Å²) in [6.45, 7) is 0.984. The van der Waals surface area contributed by atoms with Gasteiger partial charge in [-0.3, -0.25) is 0 Å². The minimum absolute atomic E-state index is 0.301. The molecule has 4 rings (SSSR count). The predicted octanol–water partition coefficient (Wildman–Crippen LogP) is 5.89. The van der Waals surface area contributed by atoms with Crippen LogP contribution in [-0.4, -0.2) is 12.6 Å². The molecule has 3 aromatic rings. The summed E-state index contributed by atoms with van der Waals surface area (Å²) in [6.07, 6.45) is 5.52. The Balaban J connectivity index is 1.54. The van der Waals surface area contributed by atoms with Crippen molar-refractivity contribution < 1.29 is 0 Å². The Morgan fingerprint density at radius 3 is 1.93 bits per heavy atom. The molecule has 0 radical (unpaired) electrons. The molecule has 0 heterocycles. The largest absolute Gasteiger partial charge is 0.314 e. The highest BCUT2D eigenvalue weighted by Crippen LogP contribution is 2.45. The first kappa shape index (κ1) is 20.4. The van der Waals surface area contributed by atoms with Crippen LogP contribution in [0.4, 0.5) is 0 Å². The fourth-order valence-electron chi connectivity index (χ4n) is 5.09. The predicted molar refractivity (Wildman–Crippen MR) is 123 cm³/mol. The fraction of sp³-hybridized carbons (Fsp3) is 0.321. The number of hydrogen-bond acceptors (Lipinski definition) is 2. The molecule has 0 aliphatic heterocycles. The van der Waals surface area contributed by atoms with Crippen molar-refractivity contribution in [3.8, 4) is 6.07 Å². The molecule has 0 bridgehead atoms. The van der Waals surface area contributed by atoms with E-state index < -0.39 is 5.41 Å². The highest BCUT2D eigenvalue weighted by molar-refractivity contribution is 5.47. The summed E-state index contributed by atoms with van der Waals surface area (Å²) in [7, 11) is 0. The minimum atomic E-state index is -0.595. The normalized spacial score (nSPS) is 19.2. The van der Waals surface area contributed by atoms with E-state index in [2.05, 4.69) is 90.2 Å². The number of benzene rings is 3. The first-order valence-electron chi connectivity index (χ1n) is 11.1. The van der Waals surface area contributed by atoms with E-state index in [0.717, 1.165) is 43.4 Å². The molecule has 1 saturated carbocycles. The van der Waals surface area contributed by atoms with Crippen LogP contribution in [0, 0.1) is 17.2 Å². The smallest absolute Gasteiger partial charge is 0.110 e. The van der Waals surface area contributed by atoms with Gasteiger partial charge in [-0.2, -0.15) is 5.26 Å². The van der Waals surface area contributed by atoms with Crippen LogP contribution in [0.25, 0.3) is 0 Å². The van der Waals surface area contributed by atoms with Crippen molar-refractivity contribution in [1.82, 2.24) is 5.32 Å². The highest BCUT2D eigenvalue weighted by Gasteiger charge is 2.44. The zero-order valence-corrected chi connectivity index (χ0v) is 17.5. The molecule has 1 N–H and O–H groups in total. The zero-order chi connectivity index (χ0) is 20.7. The van der Waals surface area contributed by atoms with Crippen LogP contribution in [0.2, 0.25) is 0 Å². The van der Waals surface area contributed by atoms with Gasteiger partial charge in [-0.25, -0.2) is 0 Å². The Labute approximate surface area is 180 Å². The standard InChI is InChI=1S/C28H30N2/c29-22-28(24-13-6-2-7-14-24,25-15-8-3-9-16-25)26-17-10-18-27(21-26)30-20-19-23-11-4-1-5-12-23/h1-9,11-16,26-27,30H,10,17-21H2/t26-,27-/m0/s1. The number of hydrogen-bond donors (Lipinski definition) is 1. The molecule has 0 unspecified atom stereocenters. The van der Waals surface area contributed by atoms with Crippen LogP contribution in [-0.2, 0) is 11.8 Å². The van der Waals surface area contributed by atoms with Crippen molar-refractivity contribution in [1.29, 1.82) is 5.26 Å². The molecule has 30 heavy (non-hydrogen) atoms. The molecule has 0 amide bonds. The van der Waals surface area contributed by atoms with Gasteiger partial charge in [0, 0.05) is 6.04 Å². The van der Waals surface area contributed by atoms with Crippen LogP contribution >= 0.6 is 0 Å². The van der Waals surface area contributed by atoms with Crippen LogP contribution in [0.15, 0.2) is 91.0 Å². The first-order valence-corrected chi connectivity index (χ1v) is 11.1. The van der Waals surface area contributed by atoms with Crippen molar-refractivity contribution in [2.45, 2.75) is 43.6 Å². The Hall–Kier alpha value is -2.89. The van der Waals surface area contributed by atoms with E-state index in [1.54, 1.807) is 0 Å². The fourth-order valence-corrected chi connectivity index (χ4v) is 5.09. The highest BCUT2D eigenvalue weighted by atomic mass is 14.9. The van der Waals surface area contributed by atoms with E-state index in [9.17, 15) is 5.26 Å². The van der Waals surface area contributed by atoms with Gasteiger partial charge in [0.2, 0.25) is 0 Å². The first-order chi connectivity index (χ1) is 14.8. The van der Waals surface area contributed by atoms with Gasteiger partial charge in [-0.1, -0.05) is 97.4 Å². The number of rotatable bonds is 7. The second kappa shape index (κ2) is 9.74. The molecule has 1 fully saturated rings. The third-order valence-electron chi connectivity index (χ3n) is 6.61. The molecule has 0 spiro atoms. The Bertz CT molecular complexity index is 905. The minimum Gasteiger partial charge on any atom is -0.314 e. The molecule has 2 nitrogen and oxygen atoms in total. The van der Waals surface area contributed by atoms with E-state index in [0.29, 0.717) is 12.0 Å². The van der Waals surface area contributed by atoms with Crippen LogP contribution in [0.3, 0.4) is 0 Å². The summed E-state index contributed by atoms with van der Waals surface area (Å²) >= 11 is 0. The monoisotopic (exact) mass is 394 g/mol. The van der Waals surface area contributed by atoms with Crippen LogP contribution in [0.5, 0.6) is 0 Å². The molecule has 3 aromatic carbocycles. The van der Waals surface area contributed by atoms with Crippen molar-refractivity contribution >= 4 is 0 Å². The van der Waals surface area contributed by atoms with Gasteiger partial charge in [0.05, 0.1) is 6.07 Å².